The monoisotopic (exact) mass is 520 g/mol. The zero-order valence-corrected chi connectivity index (χ0v) is 21.0. The van der Waals surface area contributed by atoms with Gasteiger partial charge < -0.3 is 14.6 Å². The smallest absolute Gasteiger partial charge is 0.301 e. The Hall–Kier alpha value is -3.88. The number of hydrogen-bond acceptors (Lipinski definition) is 7. The first-order chi connectivity index (χ1) is 17.4. The van der Waals surface area contributed by atoms with Crippen molar-refractivity contribution in [3.05, 3.63) is 88.5 Å². The summed E-state index contributed by atoms with van der Waals surface area (Å²) in [5.74, 6) is -0.628. The van der Waals surface area contributed by atoms with E-state index in [1.807, 2.05) is 25.1 Å². The van der Waals surface area contributed by atoms with Crippen LogP contribution < -0.4 is 14.4 Å². The van der Waals surface area contributed by atoms with E-state index in [-0.39, 0.29) is 11.3 Å². The number of aromatic nitrogens is 1. The molecular formula is C27H21ClN2O5S. The normalized spacial score (nSPS) is 17.1. The van der Waals surface area contributed by atoms with Gasteiger partial charge in [-0.3, -0.25) is 14.5 Å². The standard InChI is InChI=1S/C27H21ClN2O5S/c1-3-35-19-11-12-20-21(14-19)36-27(29-20)30-23(16-5-4-6-18(13-16)34-2)22(25(32)26(30)33)24(31)15-7-9-17(28)10-8-15/h4-14,23,31H,3H2,1-2H3/b24-22+. The molecule has 1 aromatic heterocycles. The molecule has 1 atom stereocenters. The van der Waals surface area contributed by atoms with Gasteiger partial charge in [0.25, 0.3) is 5.78 Å². The number of benzene rings is 3. The molecule has 1 unspecified atom stereocenters. The minimum atomic E-state index is -0.914. The number of fused-ring (bicyclic) bond motifs is 1. The Kier molecular flexibility index (Phi) is 6.38. The largest absolute Gasteiger partial charge is 0.507 e. The van der Waals surface area contributed by atoms with Crippen LogP contribution in [-0.2, 0) is 9.59 Å². The topological polar surface area (TPSA) is 89.0 Å². The van der Waals surface area contributed by atoms with E-state index in [0.29, 0.717) is 44.9 Å². The summed E-state index contributed by atoms with van der Waals surface area (Å²) in [5.41, 5.74) is 1.60. The average molecular weight is 521 g/mol. The zero-order chi connectivity index (χ0) is 25.4. The molecule has 1 amide bonds. The number of methoxy groups -OCH3 is 1. The molecule has 1 saturated heterocycles. The van der Waals surface area contributed by atoms with Gasteiger partial charge in [-0.1, -0.05) is 35.1 Å². The highest BCUT2D eigenvalue weighted by molar-refractivity contribution is 7.22. The highest BCUT2D eigenvalue weighted by Crippen LogP contribution is 2.45. The lowest BCUT2D eigenvalue weighted by Crippen LogP contribution is -2.29. The van der Waals surface area contributed by atoms with Crippen LogP contribution in [0.2, 0.25) is 5.02 Å². The molecule has 0 radical (unpaired) electrons. The summed E-state index contributed by atoms with van der Waals surface area (Å²) >= 11 is 7.27. The van der Waals surface area contributed by atoms with Gasteiger partial charge in [0.2, 0.25) is 0 Å². The van der Waals surface area contributed by atoms with E-state index in [1.165, 1.54) is 23.3 Å². The number of Topliss-reactive ketones (excluding diaryl/α,β-unsaturated/α-hetero) is 1. The van der Waals surface area contributed by atoms with Crippen molar-refractivity contribution < 1.29 is 24.2 Å². The summed E-state index contributed by atoms with van der Waals surface area (Å²) in [6.45, 7) is 2.42. The molecule has 0 bridgehead atoms. The van der Waals surface area contributed by atoms with Crippen molar-refractivity contribution in [3.8, 4) is 11.5 Å². The van der Waals surface area contributed by atoms with Crippen molar-refractivity contribution in [2.45, 2.75) is 13.0 Å². The van der Waals surface area contributed by atoms with E-state index in [0.717, 1.165) is 4.70 Å². The molecule has 4 aromatic rings. The van der Waals surface area contributed by atoms with Crippen molar-refractivity contribution in [2.75, 3.05) is 18.6 Å². The van der Waals surface area contributed by atoms with Gasteiger partial charge in [0.15, 0.2) is 5.13 Å². The van der Waals surface area contributed by atoms with Crippen LogP contribution in [-0.4, -0.2) is 35.5 Å². The van der Waals surface area contributed by atoms with Crippen molar-refractivity contribution in [3.63, 3.8) is 0 Å². The van der Waals surface area contributed by atoms with Gasteiger partial charge in [-0.15, -0.1) is 0 Å². The van der Waals surface area contributed by atoms with E-state index in [4.69, 9.17) is 21.1 Å². The quantitative estimate of drug-likeness (QED) is 0.191. The summed E-state index contributed by atoms with van der Waals surface area (Å²) < 4.78 is 11.8. The van der Waals surface area contributed by atoms with Crippen molar-refractivity contribution in [2.24, 2.45) is 0 Å². The molecule has 1 aliphatic rings. The van der Waals surface area contributed by atoms with Gasteiger partial charge in [-0.25, -0.2) is 4.98 Å². The molecule has 7 nitrogen and oxygen atoms in total. The number of aliphatic hydroxyl groups is 1. The van der Waals surface area contributed by atoms with Gasteiger partial charge in [0.05, 0.1) is 35.5 Å². The molecule has 36 heavy (non-hydrogen) atoms. The minimum Gasteiger partial charge on any atom is -0.507 e. The van der Waals surface area contributed by atoms with E-state index in [1.54, 1.807) is 48.5 Å². The summed E-state index contributed by atoms with van der Waals surface area (Å²) in [7, 11) is 1.53. The SMILES string of the molecule is CCOc1ccc2nc(N3C(=O)C(=O)/C(=C(/O)c4ccc(Cl)cc4)C3c3cccc(OC)c3)sc2c1. The Labute approximate surface area is 216 Å². The number of nitrogens with zero attached hydrogens (tertiary/aromatic N) is 2. The number of halogens is 1. The molecule has 9 heteroatoms. The van der Waals surface area contributed by atoms with Gasteiger partial charge in [-0.2, -0.15) is 0 Å². The highest BCUT2D eigenvalue weighted by atomic mass is 35.5. The maximum Gasteiger partial charge on any atom is 0.301 e. The molecule has 1 fully saturated rings. The predicted molar refractivity (Wildman–Crippen MR) is 140 cm³/mol. The Morgan fingerprint density at radius 1 is 1.08 bits per heavy atom. The number of ketones is 1. The second kappa shape index (κ2) is 9.64. The van der Waals surface area contributed by atoms with Crippen LogP contribution in [0.15, 0.2) is 72.3 Å². The number of thiazole rings is 1. The predicted octanol–water partition coefficient (Wildman–Crippen LogP) is 5.98. The van der Waals surface area contributed by atoms with Crippen molar-refractivity contribution in [1.29, 1.82) is 0 Å². The van der Waals surface area contributed by atoms with Crippen LogP contribution in [0.5, 0.6) is 11.5 Å². The Morgan fingerprint density at radius 2 is 1.86 bits per heavy atom. The summed E-state index contributed by atoms with van der Waals surface area (Å²) in [6.07, 6.45) is 0. The maximum absolute atomic E-state index is 13.4. The highest BCUT2D eigenvalue weighted by Gasteiger charge is 2.48. The Morgan fingerprint density at radius 3 is 2.58 bits per heavy atom. The molecule has 1 aliphatic heterocycles. The first-order valence-corrected chi connectivity index (χ1v) is 12.3. The molecular weight excluding hydrogens is 500 g/mol. The molecule has 5 rings (SSSR count). The second-order valence-electron chi connectivity index (χ2n) is 8.01. The van der Waals surface area contributed by atoms with Crippen LogP contribution in [0.1, 0.15) is 24.1 Å². The minimum absolute atomic E-state index is 0.0372. The maximum atomic E-state index is 13.4. The number of aliphatic hydroxyl groups excluding tert-OH is 1. The number of ether oxygens (including phenoxy) is 2. The molecule has 1 N–H and O–H groups in total. The zero-order valence-electron chi connectivity index (χ0n) is 19.4. The fourth-order valence-corrected chi connectivity index (χ4v) is 5.32. The van der Waals surface area contributed by atoms with E-state index >= 15 is 0 Å². The lowest BCUT2D eigenvalue weighted by atomic mass is 9.95. The average Bonchev–Trinajstić information content (AvgIpc) is 3.42. The van der Waals surface area contributed by atoms with Crippen LogP contribution >= 0.6 is 22.9 Å². The van der Waals surface area contributed by atoms with E-state index in [9.17, 15) is 14.7 Å². The number of rotatable bonds is 6. The molecule has 182 valence electrons. The lowest BCUT2D eigenvalue weighted by molar-refractivity contribution is -0.132. The second-order valence-corrected chi connectivity index (χ2v) is 9.46. The molecule has 0 aliphatic carbocycles. The van der Waals surface area contributed by atoms with Crippen LogP contribution in [0.3, 0.4) is 0 Å². The van der Waals surface area contributed by atoms with Gasteiger partial charge in [-0.05, 0) is 67.1 Å². The Bertz CT molecular complexity index is 1510. The summed E-state index contributed by atoms with van der Waals surface area (Å²) in [5, 5.41) is 12.0. The summed E-state index contributed by atoms with van der Waals surface area (Å²) in [4.78, 5) is 32.7. The molecule has 2 heterocycles. The van der Waals surface area contributed by atoms with Crippen LogP contribution in [0, 0.1) is 0 Å². The number of amides is 1. The van der Waals surface area contributed by atoms with Gasteiger partial charge in [0, 0.05) is 10.6 Å². The van der Waals surface area contributed by atoms with E-state index < -0.39 is 17.7 Å². The third-order valence-corrected chi connectivity index (χ3v) is 7.11. The first-order valence-electron chi connectivity index (χ1n) is 11.2. The third-order valence-electron chi connectivity index (χ3n) is 5.84. The number of anilines is 1. The van der Waals surface area contributed by atoms with E-state index in [2.05, 4.69) is 4.98 Å². The third kappa shape index (κ3) is 4.19. The van der Waals surface area contributed by atoms with Crippen LogP contribution in [0.4, 0.5) is 5.13 Å². The van der Waals surface area contributed by atoms with Gasteiger partial charge in [0.1, 0.15) is 17.3 Å². The molecule has 0 saturated carbocycles. The number of hydrogen-bond donors (Lipinski definition) is 1. The Balaban J connectivity index is 1.70. The fraction of sp³-hybridized carbons (Fsp3) is 0.148. The summed E-state index contributed by atoms with van der Waals surface area (Å²) in [6, 6.07) is 18.0. The lowest BCUT2D eigenvalue weighted by Gasteiger charge is -2.23. The number of carbonyl (C=O) groups is 2. The van der Waals surface area contributed by atoms with Crippen molar-refractivity contribution in [1.82, 2.24) is 4.98 Å². The first kappa shape index (κ1) is 23.8. The van der Waals surface area contributed by atoms with Crippen LogP contribution in [0.25, 0.3) is 16.0 Å². The number of carbonyl (C=O) groups excluding carboxylic acids is 2. The van der Waals surface area contributed by atoms with Gasteiger partial charge >= 0.3 is 5.91 Å². The molecule has 3 aromatic carbocycles. The van der Waals surface area contributed by atoms with Crippen molar-refractivity contribution >= 4 is 55.7 Å². The molecule has 0 spiro atoms. The fourth-order valence-electron chi connectivity index (χ4n) is 4.17.